The van der Waals surface area contributed by atoms with Crippen molar-refractivity contribution in [2.24, 2.45) is 0 Å². The average molecular weight is 350 g/mol. The molecule has 5 rings (SSSR count). The van der Waals surface area contributed by atoms with Crippen LogP contribution in [0, 0.1) is 6.92 Å². The van der Waals surface area contributed by atoms with E-state index < -0.39 is 0 Å². The standard InChI is InChI=1S/C18H14N4O2S/c1-11-3-2-4-12(9-11)16-19-20-18-22(16)21-17(25-18)13-5-6-14-15(10-13)24-8-7-23-14/h2-6,9-10H,7-8H2,1H3. The van der Waals surface area contributed by atoms with Gasteiger partial charge in [0.1, 0.15) is 18.2 Å². The van der Waals surface area contributed by atoms with Crippen LogP contribution in [0.5, 0.6) is 11.5 Å². The number of aromatic nitrogens is 4. The average Bonchev–Trinajstić information content (AvgIpc) is 3.22. The zero-order valence-electron chi connectivity index (χ0n) is 13.5. The van der Waals surface area contributed by atoms with Gasteiger partial charge in [0.05, 0.1) is 0 Å². The summed E-state index contributed by atoms with van der Waals surface area (Å²) >= 11 is 1.50. The molecule has 4 aromatic rings. The molecule has 2 aromatic heterocycles. The highest BCUT2D eigenvalue weighted by atomic mass is 32.1. The van der Waals surface area contributed by atoms with E-state index in [1.54, 1.807) is 4.52 Å². The molecule has 0 aliphatic carbocycles. The fourth-order valence-corrected chi connectivity index (χ4v) is 3.71. The van der Waals surface area contributed by atoms with Gasteiger partial charge in [0.15, 0.2) is 17.3 Å². The predicted molar refractivity (Wildman–Crippen MR) is 95.3 cm³/mol. The Bertz CT molecular complexity index is 1090. The maximum Gasteiger partial charge on any atom is 0.235 e. The molecule has 1 aliphatic heterocycles. The summed E-state index contributed by atoms with van der Waals surface area (Å²) in [6, 6.07) is 14.1. The highest BCUT2D eigenvalue weighted by Gasteiger charge is 2.17. The van der Waals surface area contributed by atoms with Crippen LogP contribution in [0.25, 0.3) is 26.9 Å². The number of benzene rings is 2. The third kappa shape index (κ3) is 2.44. The van der Waals surface area contributed by atoms with Crippen LogP contribution >= 0.6 is 11.3 Å². The molecule has 0 saturated heterocycles. The molecular weight excluding hydrogens is 336 g/mol. The van der Waals surface area contributed by atoms with Crippen molar-refractivity contribution >= 4 is 16.3 Å². The number of nitrogens with zero attached hydrogens (tertiary/aromatic N) is 4. The van der Waals surface area contributed by atoms with Crippen molar-refractivity contribution in [2.45, 2.75) is 6.92 Å². The molecule has 0 N–H and O–H groups in total. The lowest BCUT2D eigenvalue weighted by Gasteiger charge is -2.18. The van der Waals surface area contributed by atoms with Gasteiger partial charge in [0, 0.05) is 11.1 Å². The molecule has 0 fully saturated rings. The first-order valence-electron chi connectivity index (χ1n) is 7.97. The Labute approximate surface area is 147 Å². The van der Waals surface area contributed by atoms with E-state index in [1.807, 2.05) is 30.3 Å². The predicted octanol–water partition coefficient (Wildman–Crippen LogP) is 3.60. The van der Waals surface area contributed by atoms with Gasteiger partial charge >= 0.3 is 0 Å². The molecule has 0 atom stereocenters. The van der Waals surface area contributed by atoms with E-state index in [1.165, 1.54) is 16.9 Å². The van der Waals surface area contributed by atoms with Gasteiger partial charge in [0.2, 0.25) is 4.96 Å². The molecular formula is C18H14N4O2S. The van der Waals surface area contributed by atoms with Gasteiger partial charge in [-0.25, -0.2) is 0 Å². The first kappa shape index (κ1) is 14.4. The number of hydrogen-bond acceptors (Lipinski definition) is 6. The van der Waals surface area contributed by atoms with E-state index in [4.69, 9.17) is 14.6 Å². The highest BCUT2D eigenvalue weighted by molar-refractivity contribution is 7.19. The second kappa shape index (κ2) is 5.56. The van der Waals surface area contributed by atoms with Crippen molar-refractivity contribution in [1.29, 1.82) is 0 Å². The molecule has 2 aromatic carbocycles. The summed E-state index contributed by atoms with van der Waals surface area (Å²) in [6.45, 7) is 3.21. The van der Waals surface area contributed by atoms with Crippen molar-refractivity contribution in [3.05, 3.63) is 48.0 Å². The van der Waals surface area contributed by atoms with Crippen LogP contribution in [0.1, 0.15) is 5.56 Å². The van der Waals surface area contributed by atoms with Crippen LogP contribution in [-0.4, -0.2) is 33.0 Å². The summed E-state index contributed by atoms with van der Waals surface area (Å²) in [5.41, 5.74) is 3.16. The minimum Gasteiger partial charge on any atom is -0.486 e. The normalized spacial score (nSPS) is 13.3. The van der Waals surface area contributed by atoms with Gasteiger partial charge in [0.25, 0.3) is 0 Å². The monoisotopic (exact) mass is 350 g/mol. The Morgan fingerprint density at radius 2 is 1.84 bits per heavy atom. The smallest absolute Gasteiger partial charge is 0.235 e. The number of rotatable bonds is 2. The number of hydrogen-bond donors (Lipinski definition) is 0. The summed E-state index contributed by atoms with van der Waals surface area (Å²) < 4.78 is 13.0. The van der Waals surface area contributed by atoms with Gasteiger partial charge in [-0.15, -0.1) is 10.2 Å². The van der Waals surface area contributed by atoms with Gasteiger partial charge in [-0.3, -0.25) is 0 Å². The Morgan fingerprint density at radius 1 is 0.960 bits per heavy atom. The fraction of sp³-hybridized carbons (Fsp3) is 0.167. The second-order valence-corrected chi connectivity index (χ2v) is 6.81. The van der Waals surface area contributed by atoms with Crippen LogP contribution in [0.15, 0.2) is 42.5 Å². The van der Waals surface area contributed by atoms with Crippen molar-refractivity contribution in [3.63, 3.8) is 0 Å². The molecule has 1 aliphatic rings. The van der Waals surface area contributed by atoms with Gasteiger partial charge in [-0.05, 0) is 31.2 Å². The third-order valence-electron chi connectivity index (χ3n) is 4.06. The quantitative estimate of drug-likeness (QED) is 0.553. The summed E-state index contributed by atoms with van der Waals surface area (Å²) in [5.74, 6) is 2.28. The topological polar surface area (TPSA) is 61.5 Å². The number of ether oxygens (including phenoxy) is 2. The van der Waals surface area contributed by atoms with E-state index in [0.717, 1.165) is 38.4 Å². The SMILES string of the molecule is Cc1cccc(-c2nnc3sc(-c4ccc5c(c4)OCCO5)nn23)c1. The Hall–Kier alpha value is -2.93. The fourth-order valence-electron chi connectivity index (χ4n) is 2.87. The van der Waals surface area contributed by atoms with Crippen molar-refractivity contribution in [1.82, 2.24) is 19.8 Å². The molecule has 0 unspecified atom stereocenters. The molecule has 0 radical (unpaired) electrons. The first-order valence-corrected chi connectivity index (χ1v) is 8.79. The zero-order chi connectivity index (χ0) is 16.8. The van der Waals surface area contributed by atoms with Crippen molar-refractivity contribution in [2.75, 3.05) is 13.2 Å². The molecule has 124 valence electrons. The Kier molecular flexibility index (Phi) is 3.21. The van der Waals surface area contributed by atoms with Gasteiger partial charge < -0.3 is 9.47 Å². The molecule has 25 heavy (non-hydrogen) atoms. The van der Waals surface area contributed by atoms with Crippen molar-refractivity contribution < 1.29 is 9.47 Å². The molecule has 7 heteroatoms. The minimum atomic E-state index is 0.569. The van der Waals surface area contributed by atoms with Crippen molar-refractivity contribution in [3.8, 4) is 33.5 Å². The summed E-state index contributed by atoms with van der Waals surface area (Å²) in [6.07, 6.45) is 0. The summed E-state index contributed by atoms with van der Waals surface area (Å²) in [7, 11) is 0. The van der Waals surface area contributed by atoms with Gasteiger partial charge in [-0.2, -0.15) is 9.61 Å². The van der Waals surface area contributed by atoms with E-state index in [9.17, 15) is 0 Å². The number of fused-ring (bicyclic) bond motifs is 2. The second-order valence-electron chi connectivity index (χ2n) is 5.85. The minimum absolute atomic E-state index is 0.569. The molecule has 6 nitrogen and oxygen atoms in total. The lowest BCUT2D eigenvalue weighted by Crippen LogP contribution is -2.15. The van der Waals surface area contributed by atoms with E-state index in [-0.39, 0.29) is 0 Å². The van der Waals surface area contributed by atoms with Crippen LogP contribution in [0.3, 0.4) is 0 Å². The Morgan fingerprint density at radius 3 is 2.72 bits per heavy atom. The van der Waals surface area contributed by atoms with Gasteiger partial charge in [-0.1, -0.05) is 35.1 Å². The van der Waals surface area contributed by atoms with E-state index >= 15 is 0 Å². The molecule has 3 heterocycles. The van der Waals surface area contributed by atoms with Crippen LogP contribution in [-0.2, 0) is 0 Å². The number of aryl methyl sites for hydroxylation is 1. The van der Waals surface area contributed by atoms with E-state index in [0.29, 0.717) is 13.2 Å². The lowest BCUT2D eigenvalue weighted by atomic mass is 10.1. The maximum atomic E-state index is 5.66. The van der Waals surface area contributed by atoms with Crippen LogP contribution in [0.4, 0.5) is 0 Å². The summed E-state index contributed by atoms with van der Waals surface area (Å²) in [5, 5.41) is 14.1. The maximum absolute atomic E-state index is 5.66. The Balaban J connectivity index is 1.60. The van der Waals surface area contributed by atoms with Crippen LogP contribution < -0.4 is 9.47 Å². The largest absolute Gasteiger partial charge is 0.486 e. The zero-order valence-corrected chi connectivity index (χ0v) is 14.3. The molecule has 0 bridgehead atoms. The molecule has 0 amide bonds. The van der Waals surface area contributed by atoms with E-state index in [2.05, 4.69) is 29.3 Å². The highest BCUT2D eigenvalue weighted by Crippen LogP contribution is 2.36. The first-order chi connectivity index (χ1) is 12.3. The third-order valence-corrected chi connectivity index (χ3v) is 5.00. The van der Waals surface area contributed by atoms with Crippen LogP contribution in [0.2, 0.25) is 0 Å². The molecule has 0 saturated carbocycles. The summed E-state index contributed by atoms with van der Waals surface area (Å²) in [4.78, 5) is 0.765. The molecule has 0 spiro atoms. The lowest BCUT2D eigenvalue weighted by molar-refractivity contribution is 0.171.